The number of ether oxygens (including phenoxy) is 1. The molecule has 0 spiro atoms. The average molecular weight is 669 g/mol. The maximum Gasteiger partial charge on any atom is 0.137 e. The van der Waals surface area contributed by atoms with Gasteiger partial charge in [0.1, 0.15) is 17.3 Å². The van der Waals surface area contributed by atoms with Gasteiger partial charge >= 0.3 is 0 Å². The fraction of sp³-hybridized carbons (Fsp3) is 0.133. The van der Waals surface area contributed by atoms with E-state index < -0.39 is 6.98 Å². The molecular weight excluding hydrogens is 627 g/mol. The minimum atomic E-state index is -2.20. The van der Waals surface area contributed by atoms with Gasteiger partial charge in [0, 0.05) is 69.5 Å². The molecule has 51 heavy (non-hydrogen) atoms. The molecule has 0 fully saturated rings. The Morgan fingerprint density at radius 3 is 2.14 bits per heavy atom. The van der Waals surface area contributed by atoms with Crippen molar-refractivity contribution in [2.45, 2.75) is 26.2 Å². The molecular formula is C45H39N5O. The van der Waals surface area contributed by atoms with E-state index in [9.17, 15) is 0 Å². The van der Waals surface area contributed by atoms with Crippen molar-refractivity contribution in [3.63, 3.8) is 0 Å². The van der Waals surface area contributed by atoms with Crippen LogP contribution in [0.25, 0.3) is 55.5 Å². The van der Waals surface area contributed by atoms with Gasteiger partial charge in [-0.05, 0) is 65.1 Å². The number of fused-ring (bicyclic) bond motifs is 5. The van der Waals surface area contributed by atoms with E-state index in [-0.39, 0.29) is 12.1 Å². The van der Waals surface area contributed by atoms with E-state index in [4.69, 9.17) is 13.8 Å². The van der Waals surface area contributed by atoms with Gasteiger partial charge in [-0.25, -0.2) is 4.98 Å². The van der Waals surface area contributed by atoms with Gasteiger partial charge in [-0.2, -0.15) is 0 Å². The molecule has 0 atom stereocenters. The van der Waals surface area contributed by atoms with E-state index in [0.29, 0.717) is 11.5 Å². The van der Waals surface area contributed by atoms with Crippen LogP contribution in [0.1, 0.15) is 30.4 Å². The summed E-state index contributed by atoms with van der Waals surface area (Å²) in [5.74, 6) is 2.15. The maximum atomic E-state index is 7.79. The van der Waals surface area contributed by atoms with Crippen molar-refractivity contribution in [2.24, 2.45) is 0 Å². The molecule has 250 valence electrons. The molecule has 5 aromatic carbocycles. The fourth-order valence-corrected chi connectivity index (χ4v) is 7.34. The lowest BCUT2D eigenvalue weighted by molar-refractivity contribution is 0.481. The summed E-state index contributed by atoms with van der Waals surface area (Å²) in [6.07, 6.45) is 5.40. The second-order valence-electron chi connectivity index (χ2n) is 14.1. The molecule has 9 rings (SSSR count). The van der Waals surface area contributed by atoms with Crippen LogP contribution in [0.2, 0.25) is 0 Å². The third-order valence-electron chi connectivity index (χ3n) is 9.68. The predicted octanol–water partition coefficient (Wildman–Crippen LogP) is 11.1. The number of aromatic nitrogens is 3. The summed E-state index contributed by atoms with van der Waals surface area (Å²) in [6, 6.07) is 45.8. The van der Waals surface area contributed by atoms with Gasteiger partial charge in [-0.1, -0.05) is 93.6 Å². The van der Waals surface area contributed by atoms with Crippen LogP contribution < -0.4 is 9.64 Å². The second kappa shape index (κ2) is 12.0. The topological polar surface area (TPSA) is 38.5 Å². The molecule has 8 aromatic rings. The number of rotatable bonds is 6. The van der Waals surface area contributed by atoms with Crippen LogP contribution in [0, 0.1) is 0 Å². The number of anilines is 1. The van der Waals surface area contributed by atoms with Gasteiger partial charge in [0.15, 0.2) is 0 Å². The minimum Gasteiger partial charge on any atom is -0.457 e. The van der Waals surface area contributed by atoms with Crippen LogP contribution >= 0.6 is 0 Å². The Labute approximate surface area is 302 Å². The molecule has 6 nitrogen and oxygen atoms in total. The summed E-state index contributed by atoms with van der Waals surface area (Å²) in [6.45, 7) is 4.79. The lowest BCUT2D eigenvalue weighted by Gasteiger charge is -2.24. The van der Waals surface area contributed by atoms with Crippen molar-refractivity contribution in [1.82, 2.24) is 19.0 Å². The second-order valence-corrected chi connectivity index (χ2v) is 14.1. The standard InChI is InChI=1S/C45H39N5O/c1-45(2,3)39-28-42(46-29-38(39)31-14-7-5-8-15-31)50-41-27-35(51-34-19-13-18-33(26-34)48-25-24-47(4)30-48)22-23-37(41)43-44(50)36-20-11-12-21-40(36)49(43)32-16-9-6-10-17-32/h5-29H,30H2,1-4H3/i4D3. The SMILES string of the molecule is [2H]C([2H])([2H])N1C=CN(c2cccc(Oc3ccc4c(c3)n(-c3cc(C(C)(C)C)c(-c5ccccc5)cn3)c3c5ccccc5n(-c5ccccc5)c43)c2)C1. The highest BCUT2D eigenvalue weighted by atomic mass is 16.5. The van der Waals surface area contributed by atoms with Gasteiger partial charge < -0.3 is 19.1 Å². The summed E-state index contributed by atoms with van der Waals surface area (Å²) < 4.78 is 34.6. The highest BCUT2D eigenvalue weighted by Gasteiger charge is 2.26. The first-order chi connectivity index (χ1) is 26.0. The van der Waals surface area contributed by atoms with Crippen LogP contribution in [0.15, 0.2) is 152 Å². The minimum absolute atomic E-state index is 0.159. The Morgan fingerprint density at radius 1 is 0.647 bits per heavy atom. The van der Waals surface area contributed by atoms with Gasteiger partial charge in [0.05, 0.1) is 28.7 Å². The number of hydrogen-bond acceptors (Lipinski definition) is 4. The monoisotopic (exact) mass is 668 g/mol. The molecule has 0 N–H and O–H groups in total. The van der Waals surface area contributed by atoms with Crippen LogP contribution in [0.4, 0.5) is 5.69 Å². The van der Waals surface area contributed by atoms with E-state index in [2.05, 4.69) is 121 Å². The first-order valence-electron chi connectivity index (χ1n) is 18.7. The van der Waals surface area contributed by atoms with Crippen molar-refractivity contribution in [3.05, 3.63) is 158 Å². The van der Waals surface area contributed by atoms with Crippen LogP contribution in [-0.4, -0.2) is 32.7 Å². The van der Waals surface area contributed by atoms with E-state index in [1.54, 1.807) is 12.4 Å². The number of pyridine rings is 1. The molecule has 4 heterocycles. The van der Waals surface area contributed by atoms with E-state index in [0.717, 1.165) is 61.2 Å². The first-order valence-corrected chi connectivity index (χ1v) is 17.2. The van der Waals surface area contributed by atoms with Crippen LogP contribution in [-0.2, 0) is 5.41 Å². The Bertz CT molecular complexity index is 2710. The normalized spacial score (nSPS) is 14.4. The number of nitrogens with zero attached hydrogens (tertiary/aromatic N) is 5. The zero-order valence-electron chi connectivity index (χ0n) is 31.8. The third-order valence-corrected chi connectivity index (χ3v) is 9.68. The molecule has 1 aliphatic rings. The Hall–Kier alpha value is -6.27. The van der Waals surface area contributed by atoms with Crippen molar-refractivity contribution < 1.29 is 8.85 Å². The molecule has 0 amide bonds. The smallest absolute Gasteiger partial charge is 0.137 e. The fourth-order valence-electron chi connectivity index (χ4n) is 7.34. The highest BCUT2D eigenvalue weighted by Crippen LogP contribution is 2.43. The average Bonchev–Trinajstić information content (AvgIpc) is 3.89. The molecule has 3 aromatic heterocycles. The lowest BCUT2D eigenvalue weighted by Crippen LogP contribution is -2.21. The first kappa shape index (κ1) is 27.5. The van der Waals surface area contributed by atoms with Crippen LogP contribution in [0.3, 0.4) is 0 Å². The quantitative estimate of drug-likeness (QED) is 0.177. The third kappa shape index (κ3) is 5.31. The van der Waals surface area contributed by atoms with Crippen molar-refractivity contribution in [2.75, 3.05) is 18.5 Å². The number of benzene rings is 5. The van der Waals surface area contributed by atoms with Gasteiger partial charge in [-0.15, -0.1) is 0 Å². The Morgan fingerprint density at radius 2 is 1.35 bits per heavy atom. The predicted molar refractivity (Wildman–Crippen MR) is 210 cm³/mol. The molecule has 0 unspecified atom stereocenters. The molecule has 6 heteroatoms. The van der Waals surface area contributed by atoms with E-state index >= 15 is 0 Å². The number of para-hydroxylation sites is 2. The largest absolute Gasteiger partial charge is 0.457 e. The summed E-state index contributed by atoms with van der Waals surface area (Å²) in [4.78, 5) is 8.44. The Balaban J connectivity index is 1.24. The molecule has 0 saturated heterocycles. The summed E-state index contributed by atoms with van der Waals surface area (Å²) >= 11 is 0. The summed E-state index contributed by atoms with van der Waals surface area (Å²) in [7, 11) is 0. The van der Waals surface area contributed by atoms with E-state index in [1.807, 2.05) is 53.6 Å². The van der Waals surface area contributed by atoms with Gasteiger partial charge in [0.2, 0.25) is 0 Å². The molecule has 0 radical (unpaired) electrons. The zero-order chi connectivity index (χ0) is 37.2. The number of hydrogen-bond donors (Lipinski definition) is 0. The molecule has 0 saturated carbocycles. The summed E-state index contributed by atoms with van der Waals surface area (Å²) in [5.41, 5.74) is 9.47. The molecule has 0 aliphatic carbocycles. The van der Waals surface area contributed by atoms with E-state index in [1.165, 1.54) is 10.5 Å². The zero-order valence-corrected chi connectivity index (χ0v) is 28.8. The highest BCUT2D eigenvalue weighted by molar-refractivity contribution is 6.20. The molecule has 1 aliphatic heterocycles. The van der Waals surface area contributed by atoms with Crippen molar-refractivity contribution in [1.29, 1.82) is 0 Å². The Kier molecular flexibility index (Phi) is 6.45. The lowest BCUT2D eigenvalue weighted by atomic mass is 9.82. The molecule has 0 bridgehead atoms. The van der Waals surface area contributed by atoms with Crippen molar-refractivity contribution in [3.8, 4) is 34.1 Å². The maximum absolute atomic E-state index is 7.79. The van der Waals surface area contributed by atoms with Crippen molar-refractivity contribution >= 4 is 38.5 Å². The van der Waals surface area contributed by atoms with Crippen LogP contribution in [0.5, 0.6) is 11.5 Å². The summed E-state index contributed by atoms with van der Waals surface area (Å²) in [5, 5.41) is 2.20. The van der Waals surface area contributed by atoms with Gasteiger partial charge in [-0.3, -0.25) is 4.57 Å². The van der Waals surface area contributed by atoms with Gasteiger partial charge in [0.25, 0.3) is 0 Å².